The summed E-state index contributed by atoms with van der Waals surface area (Å²) in [5.74, 6) is -0.0391. The van der Waals surface area contributed by atoms with Crippen LogP contribution in [0.3, 0.4) is 0 Å². The Kier molecular flexibility index (Phi) is 3.75. The molecule has 0 spiro atoms. The summed E-state index contributed by atoms with van der Waals surface area (Å²) in [7, 11) is 0. The zero-order valence-corrected chi connectivity index (χ0v) is 24.6. The van der Waals surface area contributed by atoms with Gasteiger partial charge in [-0.25, -0.2) is 4.98 Å². The fourth-order valence-corrected chi connectivity index (χ4v) is 7.08. The summed E-state index contributed by atoms with van der Waals surface area (Å²) in [4.78, 5) is 4.51. The lowest BCUT2D eigenvalue weighted by atomic mass is 9.80. The number of fused-ring (bicyclic) bond motifs is 6. The van der Waals surface area contributed by atoms with Crippen LogP contribution in [0.15, 0.2) is 139 Å². The number of imidazole rings is 1. The molecule has 0 atom stereocenters. The summed E-state index contributed by atoms with van der Waals surface area (Å²) in [5, 5.41) is 3.15. The van der Waals surface area contributed by atoms with Crippen molar-refractivity contribution in [2.75, 3.05) is 0 Å². The predicted molar refractivity (Wildman–Crippen MR) is 189 cm³/mol. The number of rotatable bonds is 3. The number of benzene rings is 7. The molecule has 0 saturated carbocycles. The maximum atomic E-state index is 9.82. The van der Waals surface area contributed by atoms with Gasteiger partial charge in [-0.2, -0.15) is 0 Å². The Morgan fingerprint density at radius 1 is 0.644 bits per heavy atom. The molecule has 0 aliphatic heterocycles. The molecule has 1 aromatic heterocycles. The second kappa shape index (κ2) is 9.51. The molecule has 0 bridgehead atoms. The lowest BCUT2D eigenvalue weighted by Crippen LogP contribution is -2.14. The van der Waals surface area contributed by atoms with Gasteiger partial charge in [-0.1, -0.05) is 123 Å². The Hall–Kier alpha value is -5.47. The Morgan fingerprint density at radius 2 is 1.29 bits per heavy atom. The number of para-hydroxylation sites is 2. The number of nitrogens with zero attached hydrogens (tertiary/aromatic N) is 2. The van der Waals surface area contributed by atoms with Crippen LogP contribution in [0.25, 0.3) is 71.6 Å². The number of hydrogen-bond donors (Lipinski definition) is 0. The van der Waals surface area contributed by atoms with Crippen LogP contribution in [0, 0.1) is 6.85 Å². The molecule has 0 fully saturated rings. The molecular weight excluding hydrogens is 544 g/mol. The quantitative estimate of drug-likeness (QED) is 0.188. The largest absolute Gasteiger partial charge is 0.297 e. The van der Waals surface area contributed by atoms with Gasteiger partial charge in [0.2, 0.25) is 0 Å². The van der Waals surface area contributed by atoms with Gasteiger partial charge in [0.15, 0.2) is 0 Å². The minimum Gasteiger partial charge on any atom is -0.297 e. The van der Waals surface area contributed by atoms with E-state index < -0.39 is 18.3 Å². The van der Waals surface area contributed by atoms with Crippen molar-refractivity contribution in [2.24, 2.45) is 0 Å². The smallest absolute Gasteiger partial charge is 0.111 e. The topological polar surface area (TPSA) is 17.8 Å². The Labute approximate surface area is 277 Å². The summed E-state index contributed by atoms with van der Waals surface area (Å²) in [6, 6.07) is 28.9. The number of aryl methyl sites for hydroxylation is 1. The maximum Gasteiger partial charge on any atom is 0.111 e. The van der Waals surface area contributed by atoms with Crippen LogP contribution in [-0.4, -0.2) is 9.55 Å². The Balaban J connectivity index is 1.35. The van der Waals surface area contributed by atoms with Gasteiger partial charge in [0.25, 0.3) is 0 Å². The highest BCUT2D eigenvalue weighted by atomic mass is 15.1. The second-order valence-electron chi connectivity index (χ2n) is 12.0. The van der Waals surface area contributed by atoms with Crippen LogP contribution in [0.2, 0.25) is 0 Å². The van der Waals surface area contributed by atoms with E-state index in [1.165, 1.54) is 0 Å². The molecule has 9 rings (SSSR count). The summed E-state index contributed by atoms with van der Waals surface area (Å²) < 4.78 is 89.7. The monoisotopic (exact) mass is 586 g/mol. The van der Waals surface area contributed by atoms with E-state index in [1.54, 1.807) is 10.6 Å². The third-order valence-electron chi connectivity index (χ3n) is 9.14. The van der Waals surface area contributed by atoms with Gasteiger partial charge in [-0.05, 0) is 103 Å². The van der Waals surface area contributed by atoms with Crippen LogP contribution in [0.5, 0.6) is 0 Å². The van der Waals surface area contributed by atoms with E-state index in [2.05, 4.69) is 4.98 Å². The molecule has 214 valence electrons. The Bertz CT molecular complexity index is 2920. The van der Waals surface area contributed by atoms with Crippen molar-refractivity contribution in [2.45, 2.75) is 26.1 Å². The predicted octanol–water partition coefficient (Wildman–Crippen LogP) is 11.3. The highest BCUT2D eigenvalue weighted by Gasteiger charge is 2.35. The SMILES string of the molecule is [2H]c1c([2H])c([2H])c2c(c1[2H])-c1c([2H])c([2H])c(-c3c4ccccc4c(-c4cccc(-n5c(C([2H])([2H])[2H])nc6ccccc65)c4)c4ccccc34)c([2H])c1C2(C)C. The molecule has 1 aliphatic carbocycles. The van der Waals surface area contributed by atoms with Gasteiger partial charge in [-0.15, -0.1) is 0 Å². The summed E-state index contributed by atoms with van der Waals surface area (Å²) in [5.41, 5.74) is 4.46. The van der Waals surface area contributed by atoms with E-state index in [1.807, 2.05) is 105 Å². The first-order chi connectivity index (χ1) is 26.1. The van der Waals surface area contributed by atoms with Gasteiger partial charge in [0.1, 0.15) is 5.82 Å². The van der Waals surface area contributed by atoms with Crippen molar-refractivity contribution in [3.8, 4) is 39.1 Å². The van der Waals surface area contributed by atoms with Crippen molar-refractivity contribution in [3.63, 3.8) is 0 Å². The maximum absolute atomic E-state index is 9.82. The van der Waals surface area contributed by atoms with Crippen molar-refractivity contribution < 1.29 is 13.7 Å². The summed E-state index contributed by atoms with van der Waals surface area (Å²) in [6.45, 7) is 1.16. The molecule has 7 aromatic carbocycles. The average Bonchev–Trinajstić information content (AvgIpc) is 3.68. The normalized spacial score (nSPS) is 16.8. The van der Waals surface area contributed by atoms with Crippen LogP contribution in [0.1, 0.15) is 44.5 Å². The standard InChI is InChI=1S/C43H32N2/c1-27-44-39-21-10-11-22-40(39)45(27)30-14-12-13-28(25-30)41-33-16-4-6-18-35(33)42(36-19-7-5-17-34(36)41)29-23-24-32-31-15-8-9-20-37(31)43(2,3)38(32)26-29/h4-26H,1-3H3/i1D3,8D,9D,15D,20D,23D,24D,26D. The molecule has 0 unspecified atom stereocenters. The van der Waals surface area contributed by atoms with E-state index in [-0.39, 0.29) is 58.8 Å². The van der Waals surface area contributed by atoms with E-state index in [4.69, 9.17) is 9.60 Å². The zero-order valence-electron chi connectivity index (χ0n) is 34.6. The lowest BCUT2D eigenvalue weighted by molar-refractivity contribution is 0.660. The minimum atomic E-state index is -2.47. The third-order valence-corrected chi connectivity index (χ3v) is 9.14. The van der Waals surface area contributed by atoms with Gasteiger partial charge in [0.05, 0.1) is 20.6 Å². The van der Waals surface area contributed by atoms with Crippen molar-refractivity contribution in [1.82, 2.24) is 9.55 Å². The molecular formula is C43H32N2. The summed E-state index contributed by atoms with van der Waals surface area (Å²) in [6.07, 6.45) is 0. The molecule has 8 aromatic rings. The van der Waals surface area contributed by atoms with E-state index in [0.717, 1.165) is 32.7 Å². The fraction of sp³-hybridized carbons (Fsp3) is 0.0930. The molecule has 1 aliphatic rings. The number of hydrogen-bond acceptors (Lipinski definition) is 1. The van der Waals surface area contributed by atoms with Crippen molar-refractivity contribution in [1.29, 1.82) is 0 Å². The third kappa shape index (κ3) is 3.72. The highest BCUT2D eigenvalue weighted by Crippen LogP contribution is 2.51. The molecule has 0 saturated heterocycles. The van der Waals surface area contributed by atoms with Crippen LogP contribution in [0.4, 0.5) is 0 Å². The first kappa shape index (κ1) is 17.7. The number of aromatic nitrogens is 2. The first-order valence-electron chi connectivity index (χ1n) is 19.9. The summed E-state index contributed by atoms with van der Waals surface area (Å²) >= 11 is 0. The van der Waals surface area contributed by atoms with Crippen LogP contribution >= 0.6 is 0 Å². The van der Waals surface area contributed by atoms with Crippen LogP contribution < -0.4 is 0 Å². The lowest BCUT2D eigenvalue weighted by Gasteiger charge is -2.23. The fourth-order valence-electron chi connectivity index (χ4n) is 7.08. The van der Waals surface area contributed by atoms with E-state index in [9.17, 15) is 4.11 Å². The molecule has 2 heteroatoms. The molecule has 0 radical (unpaired) electrons. The van der Waals surface area contributed by atoms with Gasteiger partial charge in [-0.3, -0.25) is 4.57 Å². The van der Waals surface area contributed by atoms with Crippen LogP contribution in [-0.2, 0) is 5.41 Å². The highest BCUT2D eigenvalue weighted by molar-refractivity contribution is 6.21. The van der Waals surface area contributed by atoms with Crippen molar-refractivity contribution >= 4 is 32.6 Å². The van der Waals surface area contributed by atoms with Gasteiger partial charge < -0.3 is 0 Å². The van der Waals surface area contributed by atoms with Gasteiger partial charge in [0, 0.05) is 15.2 Å². The second-order valence-corrected chi connectivity index (χ2v) is 12.0. The van der Waals surface area contributed by atoms with Gasteiger partial charge >= 0.3 is 0 Å². The minimum absolute atomic E-state index is 0.00305. The molecule has 0 amide bonds. The molecule has 0 N–H and O–H groups in total. The van der Waals surface area contributed by atoms with Crippen molar-refractivity contribution in [3.05, 3.63) is 156 Å². The molecule has 2 nitrogen and oxygen atoms in total. The van der Waals surface area contributed by atoms with E-state index >= 15 is 0 Å². The average molecular weight is 587 g/mol. The van der Waals surface area contributed by atoms with E-state index in [0.29, 0.717) is 33.4 Å². The zero-order chi connectivity index (χ0) is 38.9. The Morgan fingerprint density at radius 3 is 2.02 bits per heavy atom. The molecule has 1 heterocycles. The first-order valence-corrected chi connectivity index (χ1v) is 14.9. The molecule has 45 heavy (non-hydrogen) atoms.